The van der Waals surface area contributed by atoms with Crippen LogP contribution in [0, 0.1) is 11.6 Å². The van der Waals surface area contributed by atoms with Crippen LogP contribution in [0.25, 0.3) is 0 Å². The maximum Gasteiger partial charge on any atom is 0.264 e. The van der Waals surface area contributed by atoms with Crippen LogP contribution in [-0.2, 0) is 9.05 Å². The molecule has 0 heterocycles. The predicted octanol–water partition coefficient (Wildman–Crippen LogP) is 2.03. The number of carbonyl (C=O) groups excluding carboxylic acids is 1. The van der Waals surface area contributed by atoms with Crippen molar-refractivity contribution in [2.24, 2.45) is 0 Å². The Bertz CT molecular complexity index is 587. The van der Waals surface area contributed by atoms with Crippen molar-refractivity contribution in [1.29, 1.82) is 0 Å². The average molecular weight is 298 g/mol. The van der Waals surface area contributed by atoms with Crippen LogP contribution in [0.3, 0.4) is 0 Å². The maximum absolute atomic E-state index is 13.8. The highest BCUT2D eigenvalue weighted by molar-refractivity contribution is 8.13. The molecule has 0 unspecified atom stereocenters. The summed E-state index contributed by atoms with van der Waals surface area (Å²) in [5, 5.41) is 2.26. The van der Waals surface area contributed by atoms with Gasteiger partial charge in [-0.1, -0.05) is 0 Å². The van der Waals surface area contributed by atoms with Crippen molar-refractivity contribution in [2.75, 3.05) is 0 Å². The number of rotatable bonds is 3. The van der Waals surface area contributed by atoms with Gasteiger partial charge in [0.05, 0.1) is 0 Å². The quantitative estimate of drug-likeness (QED) is 0.868. The summed E-state index contributed by atoms with van der Waals surface area (Å²) >= 11 is 0. The molecule has 0 aromatic heterocycles. The molecule has 0 radical (unpaired) electrons. The van der Waals surface area contributed by atoms with Crippen LogP contribution in [-0.4, -0.2) is 20.4 Å². The molecule has 0 fully saturated rings. The van der Waals surface area contributed by atoms with E-state index in [4.69, 9.17) is 10.7 Å². The van der Waals surface area contributed by atoms with Gasteiger partial charge in [-0.05, 0) is 26.0 Å². The van der Waals surface area contributed by atoms with E-state index in [-0.39, 0.29) is 6.04 Å². The SMILES string of the molecule is CC(C)NC(=O)c1c(F)ccc(S(=O)(=O)Cl)c1F. The van der Waals surface area contributed by atoms with E-state index in [1.165, 1.54) is 0 Å². The summed E-state index contributed by atoms with van der Waals surface area (Å²) < 4.78 is 49.2. The topological polar surface area (TPSA) is 63.2 Å². The Morgan fingerprint density at radius 3 is 2.33 bits per heavy atom. The monoisotopic (exact) mass is 297 g/mol. The van der Waals surface area contributed by atoms with Crippen molar-refractivity contribution < 1.29 is 22.0 Å². The van der Waals surface area contributed by atoms with Gasteiger partial charge in [-0.15, -0.1) is 0 Å². The van der Waals surface area contributed by atoms with Crippen LogP contribution < -0.4 is 5.32 Å². The summed E-state index contributed by atoms with van der Waals surface area (Å²) in [4.78, 5) is 10.6. The van der Waals surface area contributed by atoms with Gasteiger partial charge in [-0.25, -0.2) is 17.2 Å². The fourth-order valence-electron chi connectivity index (χ4n) is 1.26. The van der Waals surface area contributed by atoms with E-state index < -0.39 is 37.1 Å². The number of hydrogen-bond acceptors (Lipinski definition) is 3. The molecule has 4 nitrogen and oxygen atoms in total. The lowest BCUT2D eigenvalue weighted by molar-refractivity contribution is 0.0934. The smallest absolute Gasteiger partial charge is 0.264 e. The highest BCUT2D eigenvalue weighted by Gasteiger charge is 2.26. The number of hydrogen-bond donors (Lipinski definition) is 1. The van der Waals surface area contributed by atoms with Crippen LogP contribution in [0.15, 0.2) is 17.0 Å². The summed E-state index contributed by atoms with van der Waals surface area (Å²) in [6.07, 6.45) is 0. The molecule has 0 spiro atoms. The summed E-state index contributed by atoms with van der Waals surface area (Å²) in [5.74, 6) is -3.69. The minimum atomic E-state index is -4.38. The molecule has 1 N–H and O–H groups in total. The normalized spacial score (nSPS) is 11.7. The van der Waals surface area contributed by atoms with Crippen molar-refractivity contribution in [1.82, 2.24) is 5.32 Å². The second-order valence-electron chi connectivity index (χ2n) is 3.80. The first-order valence-electron chi connectivity index (χ1n) is 4.88. The predicted molar refractivity (Wildman–Crippen MR) is 62.0 cm³/mol. The number of nitrogens with one attached hydrogen (secondary N) is 1. The Kier molecular flexibility index (Phi) is 4.28. The Labute approximate surface area is 107 Å². The van der Waals surface area contributed by atoms with Crippen LogP contribution in [0.5, 0.6) is 0 Å². The lowest BCUT2D eigenvalue weighted by Crippen LogP contribution is -2.31. The zero-order valence-electron chi connectivity index (χ0n) is 9.50. The molecule has 0 atom stereocenters. The van der Waals surface area contributed by atoms with Gasteiger partial charge in [0.2, 0.25) is 0 Å². The Morgan fingerprint density at radius 1 is 1.33 bits per heavy atom. The second-order valence-corrected chi connectivity index (χ2v) is 6.33. The molecular formula is C10H10ClF2NO3S. The third kappa shape index (κ3) is 3.17. The molecule has 0 saturated carbocycles. The Hall–Kier alpha value is -1.21. The maximum atomic E-state index is 13.8. The molecule has 0 bridgehead atoms. The molecule has 0 aliphatic heterocycles. The lowest BCUT2D eigenvalue weighted by atomic mass is 10.1. The van der Waals surface area contributed by atoms with Crippen molar-refractivity contribution in [3.63, 3.8) is 0 Å². The fourth-order valence-corrected chi connectivity index (χ4v) is 2.17. The van der Waals surface area contributed by atoms with E-state index in [1.807, 2.05) is 0 Å². The summed E-state index contributed by atoms with van der Waals surface area (Å²) in [6, 6.07) is 0.986. The molecule has 18 heavy (non-hydrogen) atoms. The zero-order chi connectivity index (χ0) is 14.1. The van der Waals surface area contributed by atoms with E-state index in [0.717, 1.165) is 0 Å². The molecule has 100 valence electrons. The van der Waals surface area contributed by atoms with Gasteiger partial charge in [0.15, 0.2) is 5.82 Å². The largest absolute Gasteiger partial charge is 0.350 e. The highest BCUT2D eigenvalue weighted by atomic mass is 35.7. The Balaban J connectivity index is 3.41. The highest BCUT2D eigenvalue weighted by Crippen LogP contribution is 2.23. The standard InChI is InChI=1S/C10H10ClF2NO3S/c1-5(2)14-10(15)8-6(12)3-4-7(9(8)13)18(11,16)17/h3-5H,1-2H3,(H,14,15). The van der Waals surface area contributed by atoms with Crippen molar-refractivity contribution in [3.05, 3.63) is 29.3 Å². The van der Waals surface area contributed by atoms with E-state index in [2.05, 4.69) is 5.32 Å². The van der Waals surface area contributed by atoms with Gasteiger partial charge in [0.25, 0.3) is 15.0 Å². The van der Waals surface area contributed by atoms with E-state index in [0.29, 0.717) is 12.1 Å². The van der Waals surface area contributed by atoms with Gasteiger partial charge in [0.1, 0.15) is 16.3 Å². The molecule has 1 amide bonds. The fraction of sp³-hybridized carbons (Fsp3) is 0.300. The van der Waals surface area contributed by atoms with Gasteiger partial charge in [-0.3, -0.25) is 4.79 Å². The first-order valence-corrected chi connectivity index (χ1v) is 7.19. The van der Waals surface area contributed by atoms with Crippen molar-refractivity contribution in [2.45, 2.75) is 24.8 Å². The molecule has 1 rings (SSSR count). The van der Waals surface area contributed by atoms with Gasteiger partial charge in [-0.2, -0.15) is 0 Å². The van der Waals surface area contributed by atoms with Crippen LogP contribution in [0.1, 0.15) is 24.2 Å². The van der Waals surface area contributed by atoms with Gasteiger partial charge in [0, 0.05) is 16.7 Å². The number of amides is 1. The van der Waals surface area contributed by atoms with Crippen molar-refractivity contribution in [3.8, 4) is 0 Å². The van der Waals surface area contributed by atoms with Crippen LogP contribution >= 0.6 is 10.7 Å². The third-order valence-corrected chi connectivity index (χ3v) is 3.30. The second kappa shape index (κ2) is 5.19. The number of halogens is 3. The Morgan fingerprint density at radius 2 is 1.89 bits per heavy atom. The molecule has 0 saturated heterocycles. The number of carbonyl (C=O) groups is 1. The molecule has 0 aliphatic rings. The van der Waals surface area contributed by atoms with Gasteiger partial charge < -0.3 is 5.32 Å². The molecule has 0 aliphatic carbocycles. The van der Waals surface area contributed by atoms with E-state index in [1.54, 1.807) is 13.8 Å². The summed E-state index contributed by atoms with van der Waals surface area (Å²) in [7, 11) is 0.592. The molecular weight excluding hydrogens is 288 g/mol. The molecule has 8 heteroatoms. The van der Waals surface area contributed by atoms with E-state index >= 15 is 0 Å². The molecule has 1 aromatic rings. The van der Waals surface area contributed by atoms with E-state index in [9.17, 15) is 22.0 Å². The zero-order valence-corrected chi connectivity index (χ0v) is 11.1. The van der Waals surface area contributed by atoms with Gasteiger partial charge >= 0.3 is 0 Å². The first-order chi connectivity index (χ1) is 8.14. The summed E-state index contributed by atoms with van der Waals surface area (Å²) in [6.45, 7) is 3.19. The number of benzene rings is 1. The summed E-state index contributed by atoms with van der Waals surface area (Å²) in [5.41, 5.74) is -0.967. The van der Waals surface area contributed by atoms with Crippen molar-refractivity contribution >= 4 is 25.6 Å². The molecule has 1 aromatic carbocycles. The first kappa shape index (κ1) is 14.8. The minimum absolute atomic E-state index is 0.354. The van der Waals surface area contributed by atoms with Crippen LogP contribution in [0.2, 0.25) is 0 Å². The van der Waals surface area contributed by atoms with Crippen LogP contribution in [0.4, 0.5) is 8.78 Å². The lowest BCUT2D eigenvalue weighted by Gasteiger charge is -2.11. The minimum Gasteiger partial charge on any atom is -0.350 e. The third-order valence-electron chi connectivity index (χ3n) is 1.97. The average Bonchev–Trinajstić information content (AvgIpc) is 2.13.